The van der Waals surface area contributed by atoms with Crippen molar-refractivity contribution < 1.29 is 9.53 Å². The summed E-state index contributed by atoms with van der Waals surface area (Å²) < 4.78 is 9.17. The molecule has 0 bridgehead atoms. The number of nitrogens with one attached hydrogen (secondary N) is 1. The molecular weight excluding hydrogens is 404 g/mol. The predicted octanol–water partition coefficient (Wildman–Crippen LogP) is 4.22. The summed E-state index contributed by atoms with van der Waals surface area (Å²) in [5, 5.41) is 0. The van der Waals surface area contributed by atoms with Gasteiger partial charge in [-0.25, -0.2) is 14.6 Å². The normalized spacial score (nSPS) is 11.3. The molecular formula is C25H22N4O3. The molecule has 5 aromatic rings. The Balaban J connectivity index is 1.27. The molecule has 1 N–H and O–H groups in total. The maximum atomic E-state index is 12.6. The fourth-order valence-electron chi connectivity index (χ4n) is 4.03. The number of aromatic amines is 1. The number of nitrogens with zero attached hydrogens (tertiary/aromatic N) is 3. The smallest absolute Gasteiger partial charge is 0.338 e. The molecule has 0 fully saturated rings. The van der Waals surface area contributed by atoms with E-state index in [1.165, 1.54) is 0 Å². The Morgan fingerprint density at radius 3 is 2.62 bits per heavy atom. The highest BCUT2D eigenvalue weighted by Crippen LogP contribution is 2.22. The first-order valence-corrected chi connectivity index (χ1v) is 10.5. The minimum Gasteiger partial charge on any atom is -0.462 e. The summed E-state index contributed by atoms with van der Waals surface area (Å²) in [7, 11) is 0. The van der Waals surface area contributed by atoms with E-state index in [2.05, 4.69) is 14.5 Å². The third kappa shape index (κ3) is 3.58. The van der Waals surface area contributed by atoms with Crippen molar-refractivity contribution in [1.29, 1.82) is 0 Å². The van der Waals surface area contributed by atoms with Crippen LogP contribution in [-0.2, 0) is 11.3 Å². The fourth-order valence-corrected chi connectivity index (χ4v) is 4.03. The summed E-state index contributed by atoms with van der Waals surface area (Å²) in [5.74, 6) is 0.450. The van der Waals surface area contributed by atoms with Gasteiger partial charge in [-0.05, 0) is 55.8 Å². The van der Waals surface area contributed by atoms with Gasteiger partial charge in [-0.3, -0.25) is 9.13 Å². The van der Waals surface area contributed by atoms with E-state index in [0.29, 0.717) is 18.5 Å². The molecule has 0 unspecified atom stereocenters. The van der Waals surface area contributed by atoms with Crippen LogP contribution in [0.4, 0.5) is 0 Å². The fraction of sp³-hybridized carbons (Fsp3) is 0.160. The van der Waals surface area contributed by atoms with Crippen molar-refractivity contribution in [2.45, 2.75) is 19.9 Å². The van der Waals surface area contributed by atoms with Crippen LogP contribution in [0.3, 0.4) is 0 Å². The molecule has 7 nitrogen and oxygen atoms in total. The zero-order valence-electron chi connectivity index (χ0n) is 17.6. The number of hydrogen-bond acceptors (Lipinski definition) is 4. The number of rotatable bonds is 6. The number of para-hydroxylation sites is 3. The van der Waals surface area contributed by atoms with E-state index in [1.54, 1.807) is 16.7 Å². The van der Waals surface area contributed by atoms with E-state index >= 15 is 0 Å². The number of imidazole rings is 2. The van der Waals surface area contributed by atoms with E-state index in [1.807, 2.05) is 67.6 Å². The van der Waals surface area contributed by atoms with Crippen molar-refractivity contribution in [2.75, 3.05) is 6.61 Å². The molecule has 0 aliphatic carbocycles. The van der Waals surface area contributed by atoms with Crippen molar-refractivity contribution in [2.24, 2.45) is 0 Å². The number of fused-ring (bicyclic) bond motifs is 2. The minimum absolute atomic E-state index is 0.160. The Morgan fingerprint density at radius 2 is 1.78 bits per heavy atom. The average Bonchev–Trinajstić information content (AvgIpc) is 3.31. The van der Waals surface area contributed by atoms with E-state index in [0.717, 1.165) is 33.6 Å². The van der Waals surface area contributed by atoms with Gasteiger partial charge in [0.15, 0.2) is 0 Å². The maximum absolute atomic E-state index is 12.6. The topological polar surface area (TPSA) is 81.9 Å². The molecule has 0 radical (unpaired) electrons. The highest BCUT2D eigenvalue weighted by Gasteiger charge is 2.14. The molecule has 5 rings (SSSR count). The lowest BCUT2D eigenvalue weighted by molar-refractivity contribution is 0.0496. The van der Waals surface area contributed by atoms with E-state index in [9.17, 15) is 9.59 Å². The number of esters is 1. The van der Waals surface area contributed by atoms with Gasteiger partial charge in [0.2, 0.25) is 0 Å². The molecule has 0 amide bonds. The van der Waals surface area contributed by atoms with Crippen LogP contribution >= 0.6 is 0 Å². The number of carbonyl (C=O) groups excluding carboxylic acids is 1. The molecule has 0 atom stereocenters. The number of H-pyrrole nitrogens is 1. The molecule has 0 aliphatic heterocycles. The maximum Gasteiger partial charge on any atom is 0.338 e. The Morgan fingerprint density at radius 1 is 1.00 bits per heavy atom. The van der Waals surface area contributed by atoms with Crippen LogP contribution < -0.4 is 5.69 Å². The third-order valence-corrected chi connectivity index (χ3v) is 5.51. The monoisotopic (exact) mass is 426 g/mol. The van der Waals surface area contributed by atoms with Crippen molar-refractivity contribution in [3.05, 3.63) is 94.7 Å². The van der Waals surface area contributed by atoms with E-state index < -0.39 is 5.97 Å². The first-order chi connectivity index (χ1) is 15.6. The third-order valence-electron chi connectivity index (χ3n) is 5.51. The largest absolute Gasteiger partial charge is 0.462 e. The van der Waals surface area contributed by atoms with Crippen LogP contribution in [0.25, 0.3) is 27.8 Å². The Hall–Kier alpha value is -4.13. The van der Waals surface area contributed by atoms with Gasteiger partial charge in [0, 0.05) is 12.2 Å². The quantitative estimate of drug-likeness (QED) is 0.326. The van der Waals surface area contributed by atoms with Crippen LogP contribution in [-0.4, -0.2) is 31.7 Å². The van der Waals surface area contributed by atoms with Gasteiger partial charge in [-0.15, -0.1) is 0 Å². The lowest BCUT2D eigenvalue weighted by atomic mass is 10.2. The highest BCUT2D eigenvalue weighted by atomic mass is 16.5. The lowest BCUT2D eigenvalue weighted by Gasteiger charge is -2.08. The summed E-state index contributed by atoms with van der Waals surface area (Å²) in [6.45, 7) is 2.63. The lowest BCUT2D eigenvalue weighted by Crippen LogP contribution is -2.18. The van der Waals surface area contributed by atoms with E-state index in [4.69, 9.17) is 4.74 Å². The van der Waals surface area contributed by atoms with Gasteiger partial charge < -0.3 is 9.72 Å². The summed E-state index contributed by atoms with van der Waals surface area (Å²) in [6, 6.07) is 22.9. The van der Waals surface area contributed by atoms with Gasteiger partial charge in [0.25, 0.3) is 0 Å². The molecule has 2 aromatic heterocycles. The van der Waals surface area contributed by atoms with Gasteiger partial charge in [-0.1, -0.05) is 30.3 Å². The summed E-state index contributed by atoms with van der Waals surface area (Å²) >= 11 is 0. The zero-order valence-corrected chi connectivity index (χ0v) is 17.6. The molecule has 0 saturated heterocycles. The average molecular weight is 426 g/mol. The number of aryl methyl sites for hydroxylation is 2. The molecule has 160 valence electrons. The van der Waals surface area contributed by atoms with Crippen molar-refractivity contribution >= 4 is 28.0 Å². The Kier molecular flexibility index (Phi) is 5.07. The molecule has 0 spiro atoms. The number of aromatic nitrogens is 4. The number of ether oxygens (including phenoxy) is 1. The molecule has 2 heterocycles. The minimum atomic E-state index is -0.398. The first-order valence-electron chi connectivity index (χ1n) is 10.5. The van der Waals surface area contributed by atoms with Gasteiger partial charge in [-0.2, -0.15) is 0 Å². The first kappa shape index (κ1) is 19.8. The Labute approximate surface area is 183 Å². The number of hydrogen-bond donors (Lipinski definition) is 1. The summed E-state index contributed by atoms with van der Waals surface area (Å²) in [5.41, 5.74) is 4.64. The molecule has 0 aliphatic rings. The van der Waals surface area contributed by atoms with Crippen LogP contribution in [0.2, 0.25) is 0 Å². The van der Waals surface area contributed by atoms with E-state index in [-0.39, 0.29) is 12.3 Å². The standard InChI is InChI=1S/C25H22N4O3/c1-17-26-21-16-18(12-13-23(21)29(17)19-8-3-2-4-9-19)24(30)32-15-7-14-28-22-11-6-5-10-20(22)27-25(28)31/h2-6,8-13,16H,7,14-15H2,1H3,(H,27,31). The SMILES string of the molecule is Cc1nc2cc(C(=O)OCCCn3c(=O)[nH]c4ccccc43)ccc2n1-c1ccccc1. The van der Waals surface area contributed by atoms with Gasteiger partial charge >= 0.3 is 11.7 Å². The zero-order chi connectivity index (χ0) is 22.1. The molecule has 32 heavy (non-hydrogen) atoms. The summed E-state index contributed by atoms with van der Waals surface area (Å²) in [4.78, 5) is 32.1. The second-order valence-corrected chi connectivity index (χ2v) is 7.62. The number of carbonyl (C=O) groups is 1. The van der Waals surface area contributed by atoms with Crippen molar-refractivity contribution in [3.8, 4) is 5.69 Å². The number of benzene rings is 3. The summed E-state index contributed by atoms with van der Waals surface area (Å²) in [6.07, 6.45) is 0.539. The van der Waals surface area contributed by atoms with Crippen molar-refractivity contribution in [1.82, 2.24) is 19.1 Å². The van der Waals surface area contributed by atoms with Gasteiger partial charge in [0.1, 0.15) is 5.82 Å². The van der Waals surface area contributed by atoms with Crippen molar-refractivity contribution in [3.63, 3.8) is 0 Å². The molecule has 3 aromatic carbocycles. The van der Waals surface area contributed by atoms with Crippen LogP contribution in [0.5, 0.6) is 0 Å². The van der Waals surface area contributed by atoms with Crippen LogP contribution in [0.1, 0.15) is 22.6 Å². The highest BCUT2D eigenvalue weighted by molar-refractivity contribution is 5.94. The van der Waals surface area contributed by atoms with Crippen LogP contribution in [0.15, 0.2) is 77.6 Å². The molecule has 7 heteroatoms. The second kappa shape index (κ2) is 8.19. The Bertz CT molecular complexity index is 1480. The van der Waals surface area contributed by atoms with Gasteiger partial charge in [0.05, 0.1) is 34.2 Å². The van der Waals surface area contributed by atoms with Crippen LogP contribution in [0, 0.1) is 6.92 Å². The molecule has 0 saturated carbocycles. The second-order valence-electron chi connectivity index (χ2n) is 7.62. The predicted molar refractivity (Wildman–Crippen MR) is 123 cm³/mol.